The third-order valence-electron chi connectivity index (χ3n) is 3.19. The van der Waals surface area contributed by atoms with Crippen LogP contribution in [-0.4, -0.2) is 35.1 Å². The number of allylic oxidation sites excluding steroid dienone is 2. The highest BCUT2D eigenvalue weighted by Gasteiger charge is 2.50. The van der Waals surface area contributed by atoms with Crippen LogP contribution in [0.5, 0.6) is 0 Å². The number of halogens is 6. The van der Waals surface area contributed by atoms with Crippen LogP contribution in [0.3, 0.4) is 0 Å². The van der Waals surface area contributed by atoms with E-state index in [4.69, 9.17) is 69.6 Å². The van der Waals surface area contributed by atoms with Gasteiger partial charge in [-0.25, -0.2) is 0 Å². The molecule has 0 heterocycles. The van der Waals surface area contributed by atoms with Crippen LogP contribution in [0.2, 0.25) is 0 Å². The minimum Gasteiger partial charge on any atom is -0.512 e. The van der Waals surface area contributed by atoms with Gasteiger partial charge in [0.25, 0.3) is 0 Å². The third-order valence-corrected chi connectivity index (χ3v) is 4.43. The second kappa shape index (κ2) is 6.21. The first-order chi connectivity index (χ1) is 8.80. The first kappa shape index (κ1) is 19.0. The quantitative estimate of drug-likeness (QED) is 0.603. The van der Waals surface area contributed by atoms with Crippen LogP contribution in [-0.2, 0) is 0 Å². The van der Waals surface area contributed by atoms with Crippen molar-refractivity contribution in [3.05, 3.63) is 23.5 Å². The summed E-state index contributed by atoms with van der Waals surface area (Å²) >= 11 is 33.9. The van der Waals surface area contributed by atoms with Gasteiger partial charge in [0, 0.05) is 0 Å². The Hall–Kier alpha value is 0.940. The fourth-order valence-electron chi connectivity index (χ4n) is 1.95. The van der Waals surface area contributed by atoms with Crippen molar-refractivity contribution in [2.24, 2.45) is 5.41 Å². The summed E-state index contributed by atoms with van der Waals surface area (Å²) in [6.45, 7) is 1.48. The fraction of sp³-hybridized carbons (Fsp3) is 0.636. The van der Waals surface area contributed by atoms with E-state index in [-0.39, 0.29) is 12.2 Å². The number of hydrogen-bond acceptors (Lipinski definition) is 3. The second-order valence-corrected chi connectivity index (χ2v) is 9.51. The van der Waals surface area contributed by atoms with Crippen molar-refractivity contribution >= 4 is 69.6 Å². The summed E-state index contributed by atoms with van der Waals surface area (Å²) in [7, 11) is 0. The van der Waals surface area contributed by atoms with E-state index in [1.54, 1.807) is 0 Å². The summed E-state index contributed by atoms with van der Waals surface area (Å²) in [5, 5.41) is 30.1. The molecule has 0 aromatic heterocycles. The van der Waals surface area contributed by atoms with Gasteiger partial charge in [0.1, 0.15) is 18.0 Å². The van der Waals surface area contributed by atoms with Crippen molar-refractivity contribution in [3.8, 4) is 0 Å². The Morgan fingerprint density at radius 3 is 1.95 bits per heavy atom. The Morgan fingerprint density at radius 2 is 1.55 bits per heavy atom. The van der Waals surface area contributed by atoms with Gasteiger partial charge in [-0.1, -0.05) is 75.7 Å². The lowest BCUT2D eigenvalue weighted by Crippen LogP contribution is -2.45. The Balaban J connectivity index is 3.12. The number of aliphatic hydroxyl groups is 3. The van der Waals surface area contributed by atoms with E-state index < -0.39 is 25.2 Å². The molecule has 0 bridgehead atoms. The topological polar surface area (TPSA) is 60.7 Å². The molecule has 116 valence electrons. The van der Waals surface area contributed by atoms with Gasteiger partial charge in [-0.15, -0.1) is 0 Å². The molecule has 0 saturated heterocycles. The zero-order valence-corrected chi connectivity index (χ0v) is 14.7. The molecule has 0 aromatic rings. The van der Waals surface area contributed by atoms with E-state index in [1.807, 2.05) is 0 Å². The lowest BCUT2D eigenvalue weighted by Gasteiger charge is -2.40. The predicted molar refractivity (Wildman–Crippen MR) is 84.1 cm³/mol. The maximum absolute atomic E-state index is 10.1. The van der Waals surface area contributed by atoms with Gasteiger partial charge in [-0.05, 0) is 25.0 Å². The zero-order valence-electron chi connectivity index (χ0n) is 10.1. The molecule has 9 heteroatoms. The molecule has 1 aliphatic carbocycles. The molecular weight excluding hydrogens is 393 g/mol. The van der Waals surface area contributed by atoms with Crippen molar-refractivity contribution in [1.82, 2.24) is 0 Å². The van der Waals surface area contributed by atoms with Gasteiger partial charge in [0.15, 0.2) is 0 Å². The van der Waals surface area contributed by atoms with Crippen molar-refractivity contribution in [2.75, 3.05) is 0 Å². The van der Waals surface area contributed by atoms with Crippen molar-refractivity contribution < 1.29 is 15.3 Å². The molecule has 3 unspecified atom stereocenters. The predicted octanol–water partition coefficient (Wildman–Crippen LogP) is 4.23. The van der Waals surface area contributed by atoms with Crippen molar-refractivity contribution in [2.45, 2.75) is 33.1 Å². The van der Waals surface area contributed by atoms with E-state index in [1.165, 1.54) is 19.1 Å². The van der Waals surface area contributed by atoms with Crippen LogP contribution < -0.4 is 0 Å². The lowest BCUT2D eigenvalue weighted by atomic mass is 9.73. The van der Waals surface area contributed by atoms with Gasteiger partial charge >= 0.3 is 0 Å². The molecule has 0 spiro atoms. The van der Waals surface area contributed by atoms with Gasteiger partial charge in [0.05, 0.1) is 5.41 Å². The molecule has 3 nitrogen and oxygen atoms in total. The Kier molecular flexibility index (Phi) is 5.90. The Morgan fingerprint density at radius 1 is 1.05 bits per heavy atom. The summed E-state index contributed by atoms with van der Waals surface area (Å²) in [6, 6.07) is 0. The van der Waals surface area contributed by atoms with Gasteiger partial charge < -0.3 is 15.3 Å². The smallest absolute Gasteiger partial charge is 0.219 e. The Bertz CT molecular complexity index is 436. The summed E-state index contributed by atoms with van der Waals surface area (Å²) < 4.78 is -3.97. The standard InChI is InChI=1S/C11H12Cl6O3/c1-9(8(20)11(15,16)17)4-5(2-3-6(9)18)7(19)10(12,13)14/h2-3,7-8,18-20H,4H2,1H3. The van der Waals surface area contributed by atoms with Crippen LogP contribution in [0.25, 0.3) is 0 Å². The second-order valence-electron chi connectivity index (χ2n) is 4.78. The van der Waals surface area contributed by atoms with Gasteiger partial charge in [-0.2, -0.15) is 0 Å². The highest BCUT2D eigenvalue weighted by molar-refractivity contribution is 6.68. The van der Waals surface area contributed by atoms with E-state index in [0.29, 0.717) is 5.57 Å². The molecule has 0 fully saturated rings. The number of aliphatic hydroxyl groups excluding tert-OH is 3. The zero-order chi connectivity index (χ0) is 15.9. The lowest BCUT2D eigenvalue weighted by molar-refractivity contribution is 0.0309. The van der Waals surface area contributed by atoms with E-state index >= 15 is 0 Å². The summed E-state index contributed by atoms with van der Waals surface area (Å²) in [5.41, 5.74) is -1.04. The molecule has 1 aliphatic rings. The van der Waals surface area contributed by atoms with Crippen LogP contribution >= 0.6 is 69.6 Å². The van der Waals surface area contributed by atoms with E-state index in [2.05, 4.69) is 0 Å². The average Bonchev–Trinajstić information content (AvgIpc) is 2.28. The molecule has 3 atom stereocenters. The first-order valence-electron chi connectivity index (χ1n) is 5.40. The summed E-state index contributed by atoms with van der Waals surface area (Å²) in [6.07, 6.45) is -0.326. The maximum Gasteiger partial charge on any atom is 0.219 e. The SMILES string of the molecule is CC1(C(O)C(Cl)(Cl)Cl)CC(C(O)C(Cl)(Cl)Cl)=CC=C1O. The third kappa shape index (κ3) is 4.02. The van der Waals surface area contributed by atoms with Crippen LogP contribution in [0.15, 0.2) is 23.5 Å². The number of rotatable bonds is 2. The maximum atomic E-state index is 10.1. The average molecular weight is 405 g/mol. The molecule has 1 rings (SSSR count). The largest absolute Gasteiger partial charge is 0.512 e. The minimum atomic E-state index is -2.02. The molecule has 0 amide bonds. The van der Waals surface area contributed by atoms with Crippen molar-refractivity contribution in [1.29, 1.82) is 0 Å². The number of alkyl halides is 6. The first-order valence-corrected chi connectivity index (χ1v) is 7.66. The molecule has 0 saturated carbocycles. The van der Waals surface area contributed by atoms with E-state index in [9.17, 15) is 15.3 Å². The molecular formula is C11H12Cl6O3. The van der Waals surface area contributed by atoms with Crippen LogP contribution in [0.4, 0.5) is 0 Å². The fourth-order valence-corrected chi connectivity index (χ4v) is 3.09. The Labute approximate surface area is 146 Å². The highest BCUT2D eigenvalue weighted by atomic mass is 35.6. The van der Waals surface area contributed by atoms with Crippen LogP contribution in [0.1, 0.15) is 13.3 Å². The molecule has 0 radical (unpaired) electrons. The molecule has 0 aromatic carbocycles. The van der Waals surface area contributed by atoms with Crippen molar-refractivity contribution in [3.63, 3.8) is 0 Å². The van der Waals surface area contributed by atoms with Crippen LogP contribution in [0, 0.1) is 5.41 Å². The monoisotopic (exact) mass is 402 g/mol. The summed E-state index contributed by atoms with van der Waals surface area (Å²) in [4.78, 5) is 0. The normalized spacial score (nSPS) is 27.6. The minimum absolute atomic E-state index is 0.0422. The molecule has 0 aliphatic heterocycles. The molecule has 20 heavy (non-hydrogen) atoms. The molecule has 3 N–H and O–H groups in total. The van der Waals surface area contributed by atoms with Gasteiger partial charge in [0.2, 0.25) is 7.59 Å². The number of hydrogen-bond donors (Lipinski definition) is 3. The summed E-state index contributed by atoms with van der Waals surface area (Å²) in [5.74, 6) is -0.198. The highest BCUT2D eigenvalue weighted by Crippen LogP contribution is 2.49. The van der Waals surface area contributed by atoms with E-state index in [0.717, 1.165) is 0 Å². The van der Waals surface area contributed by atoms with Gasteiger partial charge in [-0.3, -0.25) is 0 Å².